The van der Waals surface area contributed by atoms with Crippen molar-refractivity contribution in [2.45, 2.75) is 33.5 Å². The molecular weight excluding hydrogens is 463 g/mol. The van der Waals surface area contributed by atoms with Crippen LogP contribution in [0.5, 0.6) is 5.75 Å². The molecule has 0 amide bonds. The Bertz CT molecular complexity index is 736. The van der Waals surface area contributed by atoms with E-state index in [9.17, 15) is 0 Å². The Morgan fingerprint density at radius 1 is 1.04 bits per heavy atom. The Balaban J connectivity index is 0.00000392. The monoisotopic (exact) mass is 496 g/mol. The van der Waals surface area contributed by atoms with Crippen molar-refractivity contribution in [1.82, 2.24) is 15.5 Å². The van der Waals surface area contributed by atoms with E-state index in [1.807, 2.05) is 18.2 Å². The van der Waals surface area contributed by atoms with Gasteiger partial charge in [0, 0.05) is 25.2 Å². The lowest BCUT2D eigenvalue weighted by Crippen LogP contribution is -2.36. The van der Waals surface area contributed by atoms with Crippen molar-refractivity contribution in [3.63, 3.8) is 0 Å². The smallest absolute Gasteiger partial charge is 0.191 e. The maximum absolute atomic E-state index is 5.42. The Kier molecular flexibility index (Phi) is 11.6. The Labute approximate surface area is 186 Å². The molecule has 154 valence electrons. The number of nitrogens with zero attached hydrogens (tertiary/aromatic N) is 2. The molecule has 2 aromatic rings. The number of rotatable bonds is 9. The lowest BCUT2D eigenvalue weighted by Gasteiger charge is -2.15. The summed E-state index contributed by atoms with van der Waals surface area (Å²) in [6.45, 7) is 8.37. The van der Waals surface area contributed by atoms with Gasteiger partial charge in [0.15, 0.2) is 5.96 Å². The van der Waals surface area contributed by atoms with E-state index in [4.69, 9.17) is 9.73 Å². The summed E-state index contributed by atoms with van der Waals surface area (Å²) in [4.78, 5) is 7.03. The van der Waals surface area contributed by atoms with Crippen molar-refractivity contribution in [3.05, 3.63) is 65.2 Å². The molecule has 0 aliphatic carbocycles. The van der Waals surface area contributed by atoms with Crippen LogP contribution in [0.2, 0.25) is 0 Å². The van der Waals surface area contributed by atoms with E-state index in [0.717, 1.165) is 36.9 Å². The predicted octanol–water partition coefficient (Wildman–Crippen LogP) is 4.02. The number of hydrogen-bond acceptors (Lipinski definition) is 3. The first-order valence-corrected chi connectivity index (χ1v) is 9.56. The first-order chi connectivity index (χ1) is 13.2. The van der Waals surface area contributed by atoms with Gasteiger partial charge in [0.1, 0.15) is 5.75 Å². The molecule has 0 fully saturated rings. The minimum Gasteiger partial charge on any atom is -0.496 e. The van der Waals surface area contributed by atoms with E-state index in [-0.39, 0.29) is 24.0 Å². The molecule has 0 bridgehead atoms. The molecule has 5 nitrogen and oxygen atoms in total. The van der Waals surface area contributed by atoms with Gasteiger partial charge < -0.3 is 20.3 Å². The zero-order chi connectivity index (χ0) is 19.5. The van der Waals surface area contributed by atoms with Gasteiger partial charge in [-0.25, -0.2) is 4.99 Å². The summed E-state index contributed by atoms with van der Waals surface area (Å²) >= 11 is 0. The van der Waals surface area contributed by atoms with E-state index in [1.54, 1.807) is 7.11 Å². The summed E-state index contributed by atoms with van der Waals surface area (Å²) in [5, 5.41) is 6.69. The first-order valence-electron chi connectivity index (χ1n) is 9.56. The Morgan fingerprint density at radius 3 is 2.50 bits per heavy atom. The number of para-hydroxylation sites is 1. The summed E-state index contributed by atoms with van der Waals surface area (Å²) in [5.74, 6) is 1.69. The molecule has 2 N–H and O–H groups in total. The number of benzene rings is 2. The van der Waals surface area contributed by atoms with Crippen molar-refractivity contribution in [2.24, 2.45) is 4.99 Å². The highest BCUT2D eigenvalue weighted by molar-refractivity contribution is 14.0. The summed E-state index contributed by atoms with van der Waals surface area (Å²) in [6.07, 6.45) is 0. The summed E-state index contributed by atoms with van der Waals surface area (Å²) < 4.78 is 5.42. The third-order valence-corrected chi connectivity index (χ3v) is 4.39. The number of nitrogens with one attached hydrogen (secondary N) is 2. The molecule has 0 aliphatic rings. The van der Waals surface area contributed by atoms with Crippen molar-refractivity contribution >= 4 is 29.9 Å². The van der Waals surface area contributed by atoms with E-state index in [0.29, 0.717) is 13.1 Å². The van der Waals surface area contributed by atoms with Gasteiger partial charge in [-0.1, -0.05) is 49.4 Å². The molecule has 2 aromatic carbocycles. The number of guanidine groups is 1. The third kappa shape index (κ3) is 8.06. The molecule has 0 radical (unpaired) electrons. The highest BCUT2D eigenvalue weighted by Crippen LogP contribution is 2.16. The number of halogens is 1. The molecule has 28 heavy (non-hydrogen) atoms. The molecule has 2 rings (SSSR count). The quantitative estimate of drug-likeness (QED) is 0.313. The number of ether oxygens (including phenoxy) is 1. The maximum atomic E-state index is 5.42. The number of aliphatic imine (C=N–C) groups is 1. The van der Waals surface area contributed by atoms with Crippen LogP contribution >= 0.6 is 24.0 Å². The van der Waals surface area contributed by atoms with Crippen LogP contribution in [0.3, 0.4) is 0 Å². The lowest BCUT2D eigenvalue weighted by atomic mass is 10.1. The normalized spacial score (nSPS) is 11.1. The van der Waals surface area contributed by atoms with Gasteiger partial charge >= 0.3 is 0 Å². The molecule has 0 aromatic heterocycles. The van der Waals surface area contributed by atoms with Crippen molar-refractivity contribution < 1.29 is 4.74 Å². The van der Waals surface area contributed by atoms with Gasteiger partial charge in [-0.15, -0.1) is 24.0 Å². The maximum Gasteiger partial charge on any atom is 0.191 e. The average Bonchev–Trinajstić information content (AvgIpc) is 2.70. The fourth-order valence-electron chi connectivity index (χ4n) is 2.79. The van der Waals surface area contributed by atoms with E-state index < -0.39 is 0 Å². The van der Waals surface area contributed by atoms with Crippen molar-refractivity contribution in [3.8, 4) is 5.75 Å². The molecule has 0 aliphatic heterocycles. The van der Waals surface area contributed by atoms with Crippen molar-refractivity contribution in [2.75, 3.05) is 27.2 Å². The van der Waals surface area contributed by atoms with Gasteiger partial charge in [-0.3, -0.25) is 0 Å². The highest BCUT2D eigenvalue weighted by Gasteiger charge is 2.04. The van der Waals surface area contributed by atoms with Crippen LogP contribution in [0.15, 0.2) is 53.5 Å². The standard InChI is InChI=1S/C22H32N4O.HI/c1-5-23-22(25-16-20-12-7-8-13-21(20)27-4)24-15-18-10-9-11-19(14-18)17-26(3)6-2;/h7-14H,5-6,15-17H2,1-4H3,(H2,23,24,25);1H. The van der Waals surface area contributed by atoms with Crippen LogP contribution in [0, 0.1) is 0 Å². The van der Waals surface area contributed by atoms with Crippen LogP contribution in [0.4, 0.5) is 0 Å². The van der Waals surface area contributed by atoms with Crippen LogP contribution in [-0.4, -0.2) is 38.1 Å². The van der Waals surface area contributed by atoms with Gasteiger partial charge in [-0.2, -0.15) is 0 Å². The summed E-state index contributed by atoms with van der Waals surface area (Å²) in [6, 6.07) is 16.7. The van der Waals surface area contributed by atoms with Crippen LogP contribution < -0.4 is 15.4 Å². The zero-order valence-corrected chi connectivity index (χ0v) is 19.7. The van der Waals surface area contributed by atoms with E-state index >= 15 is 0 Å². The fourth-order valence-corrected chi connectivity index (χ4v) is 2.79. The molecule has 0 saturated heterocycles. The van der Waals surface area contributed by atoms with Gasteiger partial charge in [0.25, 0.3) is 0 Å². The summed E-state index contributed by atoms with van der Waals surface area (Å²) in [5.41, 5.74) is 3.64. The van der Waals surface area contributed by atoms with Gasteiger partial charge in [0.05, 0.1) is 13.7 Å². The lowest BCUT2D eigenvalue weighted by molar-refractivity contribution is 0.345. The van der Waals surface area contributed by atoms with E-state index in [1.165, 1.54) is 11.1 Å². The average molecular weight is 496 g/mol. The zero-order valence-electron chi connectivity index (χ0n) is 17.4. The van der Waals surface area contributed by atoms with Gasteiger partial charge in [0.2, 0.25) is 0 Å². The molecule has 0 heterocycles. The van der Waals surface area contributed by atoms with E-state index in [2.05, 4.69) is 66.8 Å². The second kappa shape index (κ2) is 13.4. The SMILES string of the molecule is CCNC(=NCc1cccc(CN(C)CC)c1)NCc1ccccc1OC.I. The fraction of sp³-hybridized carbons (Fsp3) is 0.409. The molecule has 0 saturated carbocycles. The minimum atomic E-state index is 0. The van der Waals surface area contributed by atoms with Crippen molar-refractivity contribution in [1.29, 1.82) is 0 Å². The topological polar surface area (TPSA) is 48.9 Å². The van der Waals surface area contributed by atoms with Crippen LogP contribution in [0.25, 0.3) is 0 Å². The molecule has 6 heteroatoms. The molecule has 0 atom stereocenters. The Morgan fingerprint density at radius 2 is 1.79 bits per heavy atom. The largest absolute Gasteiger partial charge is 0.496 e. The second-order valence-electron chi connectivity index (χ2n) is 6.51. The third-order valence-electron chi connectivity index (χ3n) is 4.39. The Hall–Kier alpha value is -1.80. The first kappa shape index (κ1) is 24.2. The predicted molar refractivity (Wildman–Crippen MR) is 129 cm³/mol. The number of hydrogen-bond donors (Lipinski definition) is 2. The number of methoxy groups -OCH3 is 1. The second-order valence-corrected chi connectivity index (χ2v) is 6.51. The molecule has 0 unspecified atom stereocenters. The highest BCUT2D eigenvalue weighted by atomic mass is 127. The molecule has 0 spiro atoms. The van der Waals surface area contributed by atoms with Gasteiger partial charge in [-0.05, 0) is 37.7 Å². The van der Waals surface area contributed by atoms with Crippen LogP contribution in [0.1, 0.15) is 30.5 Å². The summed E-state index contributed by atoms with van der Waals surface area (Å²) in [7, 11) is 3.83. The minimum absolute atomic E-state index is 0. The molecular formula is C22H33IN4O. The van der Waals surface area contributed by atoms with Crippen LogP contribution in [-0.2, 0) is 19.6 Å².